The Kier molecular flexibility index (Phi) is 4.72. The van der Waals surface area contributed by atoms with Crippen LogP contribution in [0.1, 0.15) is 4.88 Å². The molecule has 2 aliphatic heterocycles. The van der Waals surface area contributed by atoms with Crippen molar-refractivity contribution in [1.29, 1.82) is 5.26 Å². The molecule has 0 unspecified atom stereocenters. The Labute approximate surface area is 183 Å². The molecule has 4 heterocycles. The van der Waals surface area contributed by atoms with E-state index in [0.717, 1.165) is 10.4 Å². The molecule has 0 bridgehead atoms. The lowest BCUT2D eigenvalue weighted by Crippen LogP contribution is -2.38. The van der Waals surface area contributed by atoms with Crippen LogP contribution in [0.2, 0.25) is 0 Å². The summed E-state index contributed by atoms with van der Waals surface area (Å²) in [4.78, 5) is 7.81. The summed E-state index contributed by atoms with van der Waals surface area (Å²) in [5.41, 5.74) is 1.29. The molecule has 2 aliphatic rings. The summed E-state index contributed by atoms with van der Waals surface area (Å²) in [6, 6.07) is 12.7. The molecule has 1 aromatic carbocycles. The van der Waals surface area contributed by atoms with Gasteiger partial charge in [0.15, 0.2) is 11.6 Å². The van der Waals surface area contributed by atoms with Crippen LogP contribution in [0, 0.1) is 11.3 Å². The van der Waals surface area contributed by atoms with Crippen LogP contribution >= 0.6 is 11.3 Å². The number of pyridine rings is 1. The Hall–Kier alpha value is -3.29. The number of benzene rings is 1. The smallest absolute Gasteiger partial charge is 0.266 e. The number of likely N-dealkylation sites (N-methyl/N-ethyl adjacent to an activating group) is 1. The molecule has 8 nitrogen and oxygen atoms in total. The van der Waals surface area contributed by atoms with Gasteiger partial charge in [-0.1, -0.05) is 0 Å². The SMILES string of the molecule is CN1CCOc2cc(S(=O)(=O)N3CCOc4ccc(-c5ccc(C#N)s5)cc43)cnc21. The molecule has 10 heteroatoms. The zero-order valence-corrected chi connectivity index (χ0v) is 18.2. The monoisotopic (exact) mass is 454 g/mol. The highest BCUT2D eigenvalue weighted by Crippen LogP contribution is 2.40. The number of nitrogens with zero attached hydrogens (tertiary/aromatic N) is 4. The number of fused-ring (bicyclic) bond motifs is 2. The number of sulfonamides is 1. The summed E-state index contributed by atoms with van der Waals surface area (Å²) in [5, 5.41) is 9.10. The van der Waals surface area contributed by atoms with Gasteiger partial charge in [-0.05, 0) is 35.9 Å². The van der Waals surface area contributed by atoms with Gasteiger partial charge < -0.3 is 14.4 Å². The predicted molar refractivity (Wildman–Crippen MR) is 117 cm³/mol. The van der Waals surface area contributed by atoms with E-state index in [1.807, 2.05) is 24.1 Å². The molecule has 0 fully saturated rings. The van der Waals surface area contributed by atoms with E-state index in [1.54, 1.807) is 18.2 Å². The highest BCUT2D eigenvalue weighted by Gasteiger charge is 2.32. The summed E-state index contributed by atoms with van der Waals surface area (Å²) < 4.78 is 39.8. The second-order valence-electron chi connectivity index (χ2n) is 7.15. The number of nitriles is 1. The molecule has 0 radical (unpaired) electrons. The van der Waals surface area contributed by atoms with Crippen molar-refractivity contribution in [2.45, 2.75) is 4.90 Å². The molecular weight excluding hydrogens is 436 g/mol. The molecular formula is C21H18N4O4S2. The molecule has 0 amide bonds. The zero-order chi connectivity index (χ0) is 21.6. The fourth-order valence-corrected chi connectivity index (χ4v) is 5.84. The van der Waals surface area contributed by atoms with Crippen molar-refractivity contribution in [3.05, 3.63) is 47.5 Å². The maximum Gasteiger partial charge on any atom is 0.266 e. The largest absolute Gasteiger partial charge is 0.489 e. The van der Waals surface area contributed by atoms with Crippen molar-refractivity contribution in [2.75, 3.05) is 42.6 Å². The number of aromatic nitrogens is 1. The molecule has 0 spiro atoms. The van der Waals surface area contributed by atoms with E-state index in [9.17, 15) is 8.42 Å². The van der Waals surface area contributed by atoms with Gasteiger partial charge >= 0.3 is 0 Å². The molecule has 0 saturated heterocycles. The highest BCUT2D eigenvalue weighted by molar-refractivity contribution is 7.92. The second-order valence-corrected chi connectivity index (χ2v) is 10.1. The van der Waals surface area contributed by atoms with E-state index in [0.29, 0.717) is 41.0 Å². The van der Waals surface area contributed by atoms with Crippen molar-refractivity contribution in [3.63, 3.8) is 0 Å². The van der Waals surface area contributed by atoms with Gasteiger partial charge in [0.2, 0.25) is 0 Å². The summed E-state index contributed by atoms with van der Waals surface area (Å²) in [5.74, 6) is 1.58. The molecule has 3 aromatic rings. The van der Waals surface area contributed by atoms with Gasteiger partial charge in [-0.15, -0.1) is 11.3 Å². The van der Waals surface area contributed by atoms with Crippen molar-refractivity contribution in [3.8, 4) is 28.0 Å². The van der Waals surface area contributed by atoms with Gasteiger partial charge in [0, 0.05) is 18.0 Å². The van der Waals surface area contributed by atoms with Crippen LogP contribution in [-0.2, 0) is 10.0 Å². The minimum Gasteiger partial charge on any atom is -0.489 e. The van der Waals surface area contributed by atoms with Crippen molar-refractivity contribution >= 4 is 32.9 Å². The zero-order valence-electron chi connectivity index (χ0n) is 16.6. The number of ether oxygens (including phenoxy) is 2. The van der Waals surface area contributed by atoms with Gasteiger partial charge in [0.25, 0.3) is 10.0 Å². The fourth-order valence-electron chi connectivity index (χ4n) is 3.63. The number of anilines is 2. The molecule has 31 heavy (non-hydrogen) atoms. The van der Waals surface area contributed by atoms with E-state index >= 15 is 0 Å². The average molecular weight is 455 g/mol. The Morgan fingerprint density at radius 1 is 1.10 bits per heavy atom. The van der Waals surface area contributed by atoms with Crippen LogP contribution in [0.25, 0.3) is 10.4 Å². The Balaban J connectivity index is 1.56. The summed E-state index contributed by atoms with van der Waals surface area (Å²) >= 11 is 1.36. The fraction of sp³-hybridized carbons (Fsp3) is 0.238. The quantitative estimate of drug-likeness (QED) is 0.600. The third-order valence-corrected chi connectivity index (χ3v) is 8.04. The van der Waals surface area contributed by atoms with E-state index in [2.05, 4.69) is 11.1 Å². The van der Waals surface area contributed by atoms with Crippen LogP contribution in [0.5, 0.6) is 11.5 Å². The van der Waals surface area contributed by atoms with Crippen LogP contribution < -0.4 is 18.7 Å². The molecule has 0 N–H and O–H groups in total. The summed E-state index contributed by atoms with van der Waals surface area (Å²) in [6.07, 6.45) is 1.37. The second kappa shape index (κ2) is 7.44. The lowest BCUT2D eigenvalue weighted by molar-refractivity contribution is 0.307. The lowest BCUT2D eigenvalue weighted by Gasteiger charge is -2.31. The van der Waals surface area contributed by atoms with E-state index < -0.39 is 10.0 Å². The highest BCUT2D eigenvalue weighted by atomic mass is 32.2. The molecule has 2 aromatic heterocycles. The first-order chi connectivity index (χ1) is 15.0. The van der Waals surface area contributed by atoms with Gasteiger partial charge in [0.05, 0.1) is 25.0 Å². The van der Waals surface area contributed by atoms with E-state index in [-0.39, 0.29) is 18.0 Å². The predicted octanol–water partition coefficient (Wildman–Crippen LogP) is 3.10. The molecule has 0 aliphatic carbocycles. The number of rotatable bonds is 3. The lowest BCUT2D eigenvalue weighted by atomic mass is 10.1. The molecule has 5 rings (SSSR count). The van der Waals surface area contributed by atoms with Gasteiger partial charge in [-0.25, -0.2) is 13.4 Å². The van der Waals surface area contributed by atoms with Gasteiger partial charge in [0.1, 0.15) is 34.8 Å². The summed E-state index contributed by atoms with van der Waals surface area (Å²) in [7, 11) is -1.99. The van der Waals surface area contributed by atoms with Gasteiger partial charge in [-0.2, -0.15) is 5.26 Å². The van der Waals surface area contributed by atoms with Crippen LogP contribution in [0.15, 0.2) is 47.5 Å². The normalized spacial score (nSPS) is 15.4. The topological polar surface area (TPSA) is 95.8 Å². The van der Waals surface area contributed by atoms with Crippen LogP contribution in [0.3, 0.4) is 0 Å². The maximum absolute atomic E-state index is 13.5. The van der Waals surface area contributed by atoms with Crippen LogP contribution in [-0.4, -0.2) is 46.8 Å². The number of hydrogen-bond acceptors (Lipinski definition) is 8. The number of thiophene rings is 1. The Morgan fingerprint density at radius 2 is 1.90 bits per heavy atom. The third kappa shape index (κ3) is 3.36. The molecule has 0 atom stereocenters. The first-order valence-electron chi connectivity index (χ1n) is 9.61. The van der Waals surface area contributed by atoms with Gasteiger partial charge in [-0.3, -0.25) is 4.31 Å². The number of hydrogen-bond donors (Lipinski definition) is 0. The average Bonchev–Trinajstić information content (AvgIpc) is 3.27. The van der Waals surface area contributed by atoms with E-state index in [1.165, 1.54) is 27.9 Å². The van der Waals surface area contributed by atoms with E-state index in [4.69, 9.17) is 14.7 Å². The minimum absolute atomic E-state index is 0.0719. The molecule has 0 saturated carbocycles. The van der Waals surface area contributed by atoms with Crippen molar-refractivity contribution in [1.82, 2.24) is 4.98 Å². The Bertz CT molecular complexity index is 1310. The molecule has 158 valence electrons. The van der Waals surface area contributed by atoms with Crippen molar-refractivity contribution in [2.24, 2.45) is 0 Å². The maximum atomic E-state index is 13.5. The minimum atomic E-state index is -3.88. The first kappa shape index (κ1) is 19.7. The standard InChI is InChI=1S/C21H18N4O4S2/c1-24-6-8-29-19-11-16(13-23-21(19)24)31(26,27)25-7-9-28-18-4-2-14(10-17(18)25)20-5-3-15(12-22)30-20/h2-5,10-11,13H,6-9H2,1H3. The van der Waals surface area contributed by atoms with Crippen LogP contribution in [0.4, 0.5) is 11.5 Å². The first-order valence-corrected chi connectivity index (χ1v) is 11.9. The Morgan fingerprint density at radius 3 is 2.71 bits per heavy atom. The van der Waals surface area contributed by atoms with Crippen molar-refractivity contribution < 1.29 is 17.9 Å². The summed E-state index contributed by atoms with van der Waals surface area (Å²) in [6.45, 7) is 1.61. The third-order valence-electron chi connectivity index (χ3n) is 5.22.